The number of hydrogen-bond donors (Lipinski definition) is 0. The minimum absolute atomic E-state index is 0.0675. The van der Waals surface area contributed by atoms with Crippen LogP contribution in [0.1, 0.15) is 43.2 Å². The van der Waals surface area contributed by atoms with Crippen LogP contribution in [-0.2, 0) is 21.1 Å². The minimum Gasteiger partial charge on any atom is -0.312 e. The average Bonchev–Trinajstić information content (AvgIpc) is 3.31. The summed E-state index contributed by atoms with van der Waals surface area (Å²) in [5.41, 5.74) is 3.20. The first kappa shape index (κ1) is 21.1. The summed E-state index contributed by atoms with van der Waals surface area (Å²) < 4.78 is 25.3. The quantitative estimate of drug-likeness (QED) is 0.708. The molecule has 0 aliphatic carbocycles. The summed E-state index contributed by atoms with van der Waals surface area (Å²) in [5, 5.41) is 0. The van der Waals surface area contributed by atoms with Gasteiger partial charge in [-0.1, -0.05) is 30.3 Å². The molecule has 0 spiro atoms. The van der Waals surface area contributed by atoms with Gasteiger partial charge in [0.05, 0.1) is 10.6 Å². The SMILES string of the molecule is CC(=O)N1CC(C[C@H]2CCCN2C)c2cc(CCS(=O)(=O)c3ccccc3)ccc21. The largest absolute Gasteiger partial charge is 0.312 e. The third-order valence-corrected chi connectivity index (χ3v) is 8.33. The highest BCUT2D eigenvalue weighted by molar-refractivity contribution is 7.91. The van der Waals surface area contributed by atoms with Crippen LogP contribution in [0.5, 0.6) is 0 Å². The number of carbonyl (C=O) groups is 1. The topological polar surface area (TPSA) is 57.7 Å². The molecular formula is C24H30N2O3S. The summed E-state index contributed by atoms with van der Waals surface area (Å²) in [5.74, 6) is 0.459. The highest BCUT2D eigenvalue weighted by atomic mass is 32.2. The Bertz CT molecular complexity index is 1020. The maximum Gasteiger partial charge on any atom is 0.223 e. The Morgan fingerprint density at radius 2 is 1.90 bits per heavy atom. The van der Waals surface area contributed by atoms with Gasteiger partial charge in [-0.15, -0.1) is 0 Å². The monoisotopic (exact) mass is 426 g/mol. The molecule has 2 atom stereocenters. The van der Waals surface area contributed by atoms with Gasteiger partial charge in [-0.05, 0) is 68.6 Å². The summed E-state index contributed by atoms with van der Waals surface area (Å²) in [4.78, 5) is 16.9. The zero-order chi connectivity index (χ0) is 21.3. The lowest BCUT2D eigenvalue weighted by Crippen LogP contribution is -2.30. The number of hydrogen-bond acceptors (Lipinski definition) is 4. The van der Waals surface area contributed by atoms with Crippen LogP contribution in [0.15, 0.2) is 53.4 Å². The zero-order valence-corrected chi connectivity index (χ0v) is 18.6. The molecule has 2 aromatic carbocycles. The van der Waals surface area contributed by atoms with E-state index in [9.17, 15) is 13.2 Å². The van der Waals surface area contributed by atoms with E-state index in [0.29, 0.717) is 23.3 Å². The molecule has 2 aliphatic rings. The van der Waals surface area contributed by atoms with Crippen molar-refractivity contribution in [3.8, 4) is 0 Å². The number of benzene rings is 2. The first-order chi connectivity index (χ1) is 14.3. The summed E-state index contributed by atoms with van der Waals surface area (Å²) in [6.07, 6.45) is 3.95. The Hall–Kier alpha value is -2.18. The van der Waals surface area contributed by atoms with E-state index < -0.39 is 9.84 Å². The van der Waals surface area contributed by atoms with Crippen LogP contribution >= 0.6 is 0 Å². The summed E-state index contributed by atoms with van der Waals surface area (Å²) >= 11 is 0. The van der Waals surface area contributed by atoms with Crippen molar-refractivity contribution >= 4 is 21.4 Å². The molecule has 160 valence electrons. The molecule has 6 heteroatoms. The first-order valence-corrected chi connectivity index (χ1v) is 12.4. The van der Waals surface area contributed by atoms with Crippen LogP contribution in [0.2, 0.25) is 0 Å². The minimum atomic E-state index is -3.31. The van der Waals surface area contributed by atoms with Gasteiger partial charge in [0.2, 0.25) is 5.91 Å². The average molecular weight is 427 g/mol. The molecule has 1 unspecified atom stereocenters. The van der Waals surface area contributed by atoms with Crippen molar-refractivity contribution in [2.75, 3.05) is 30.8 Å². The molecule has 30 heavy (non-hydrogen) atoms. The molecule has 1 amide bonds. The van der Waals surface area contributed by atoms with E-state index in [4.69, 9.17) is 0 Å². The second-order valence-corrected chi connectivity index (χ2v) is 10.7. The van der Waals surface area contributed by atoms with Crippen molar-refractivity contribution in [2.45, 2.75) is 49.5 Å². The maximum atomic E-state index is 12.7. The van der Waals surface area contributed by atoms with Crippen molar-refractivity contribution in [3.05, 3.63) is 59.7 Å². The molecule has 2 aliphatic heterocycles. The molecular weight excluding hydrogens is 396 g/mol. The maximum absolute atomic E-state index is 12.7. The number of fused-ring (bicyclic) bond motifs is 1. The van der Waals surface area contributed by atoms with Gasteiger partial charge in [0.25, 0.3) is 0 Å². The second kappa shape index (κ2) is 8.52. The smallest absolute Gasteiger partial charge is 0.223 e. The van der Waals surface area contributed by atoms with E-state index in [2.05, 4.69) is 18.0 Å². The van der Waals surface area contributed by atoms with Crippen molar-refractivity contribution < 1.29 is 13.2 Å². The Labute approximate surface area is 179 Å². The van der Waals surface area contributed by atoms with E-state index in [1.807, 2.05) is 23.1 Å². The van der Waals surface area contributed by atoms with Crippen LogP contribution in [0.25, 0.3) is 0 Å². The van der Waals surface area contributed by atoms with Crippen LogP contribution in [0.3, 0.4) is 0 Å². The second-order valence-electron chi connectivity index (χ2n) is 8.61. The number of amides is 1. The Morgan fingerprint density at radius 1 is 1.13 bits per heavy atom. The molecule has 1 saturated heterocycles. The summed E-state index contributed by atoms with van der Waals surface area (Å²) in [6.45, 7) is 3.48. The molecule has 1 fully saturated rings. The number of sulfone groups is 1. The van der Waals surface area contributed by atoms with Crippen molar-refractivity contribution in [1.29, 1.82) is 0 Å². The Morgan fingerprint density at radius 3 is 2.57 bits per heavy atom. The van der Waals surface area contributed by atoms with Crippen molar-refractivity contribution in [2.24, 2.45) is 0 Å². The van der Waals surface area contributed by atoms with Gasteiger partial charge >= 0.3 is 0 Å². The van der Waals surface area contributed by atoms with Gasteiger partial charge in [0.15, 0.2) is 9.84 Å². The molecule has 0 radical (unpaired) electrons. The Kier molecular flexibility index (Phi) is 5.98. The molecule has 4 rings (SSSR count). The van der Waals surface area contributed by atoms with E-state index in [0.717, 1.165) is 30.8 Å². The lowest BCUT2D eigenvalue weighted by molar-refractivity contribution is -0.116. The van der Waals surface area contributed by atoms with Gasteiger partial charge in [-0.25, -0.2) is 8.42 Å². The molecule has 0 aromatic heterocycles. The fraction of sp³-hybridized carbons (Fsp3) is 0.458. The number of anilines is 1. The van der Waals surface area contributed by atoms with Crippen LogP contribution in [-0.4, -0.2) is 51.2 Å². The van der Waals surface area contributed by atoms with E-state index >= 15 is 0 Å². The van der Waals surface area contributed by atoms with Gasteiger partial charge in [-0.2, -0.15) is 0 Å². The molecule has 2 heterocycles. The van der Waals surface area contributed by atoms with Crippen molar-refractivity contribution in [1.82, 2.24) is 4.90 Å². The van der Waals surface area contributed by atoms with Crippen molar-refractivity contribution in [3.63, 3.8) is 0 Å². The molecule has 5 nitrogen and oxygen atoms in total. The van der Waals surface area contributed by atoms with Crippen LogP contribution < -0.4 is 4.90 Å². The molecule has 2 aromatic rings. The van der Waals surface area contributed by atoms with E-state index in [-0.39, 0.29) is 11.7 Å². The number of aryl methyl sites for hydroxylation is 1. The normalized spacial score (nSPS) is 21.7. The third-order valence-electron chi connectivity index (χ3n) is 6.60. The van der Waals surface area contributed by atoms with E-state index in [1.165, 1.54) is 18.4 Å². The van der Waals surface area contributed by atoms with Gasteiger partial charge in [0, 0.05) is 31.1 Å². The molecule has 0 N–H and O–H groups in total. The predicted molar refractivity (Wildman–Crippen MR) is 120 cm³/mol. The number of nitrogens with zero attached hydrogens (tertiary/aromatic N) is 2. The summed E-state index contributed by atoms with van der Waals surface area (Å²) in [7, 11) is -1.13. The third kappa shape index (κ3) is 4.30. The van der Waals surface area contributed by atoms with Gasteiger partial charge < -0.3 is 9.80 Å². The fourth-order valence-electron chi connectivity index (χ4n) is 4.85. The lowest BCUT2D eigenvalue weighted by Gasteiger charge is -2.23. The number of likely N-dealkylation sites (tertiary alicyclic amines) is 1. The van der Waals surface area contributed by atoms with Gasteiger partial charge in [0.1, 0.15) is 0 Å². The molecule has 0 saturated carbocycles. The standard InChI is InChI=1S/C24H30N2O3S/c1-18(27)26-17-20(16-21-7-6-13-25(21)2)23-15-19(10-11-24(23)26)12-14-30(28,29)22-8-4-3-5-9-22/h3-5,8-11,15,20-21H,6-7,12-14,16-17H2,1-2H3/t20?,21-/m1/s1. The first-order valence-electron chi connectivity index (χ1n) is 10.7. The number of rotatable bonds is 6. The highest BCUT2D eigenvalue weighted by Crippen LogP contribution is 2.41. The predicted octanol–water partition coefficient (Wildman–Crippen LogP) is 3.64. The summed E-state index contributed by atoms with van der Waals surface area (Å²) in [6, 6.07) is 15.3. The van der Waals surface area contributed by atoms with Gasteiger partial charge in [-0.3, -0.25) is 4.79 Å². The zero-order valence-electron chi connectivity index (χ0n) is 17.8. The Balaban J connectivity index is 1.54. The number of carbonyl (C=O) groups excluding carboxylic acids is 1. The van der Waals surface area contributed by atoms with Crippen LogP contribution in [0.4, 0.5) is 5.69 Å². The van der Waals surface area contributed by atoms with Crippen LogP contribution in [0, 0.1) is 0 Å². The van der Waals surface area contributed by atoms with E-state index in [1.54, 1.807) is 31.2 Å². The lowest BCUT2D eigenvalue weighted by atomic mass is 9.91. The highest BCUT2D eigenvalue weighted by Gasteiger charge is 2.34. The fourth-order valence-corrected chi connectivity index (χ4v) is 6.16. The molecule has 0 bridgehead atoms.